The molecule has 0 aliphatic carbocycles. The number of carboxylic acids is 1. The number of aliphatic hydroxyl groups is 3. The topological polar surface area (TPSA) is 165 Å². The monoisotopic (exact) mass is 360 g/mol. The van der Waals surface area contributed by atoms with Crippen molar-refractivity contribution in [3.63, 3.8) is 0 Å². The number of carbonyl (C=O) groups is 3. The lowest BCUT2D eigenvalue weighted by Crippen LogP contribution is -2.60. The number of hydrogen-bond donors (Lipinski definition) is 6. The van der Waals surface area contributed by atoms with E-state index in [2.05, 4.69) is 10.6 Å². The molecular formula is C15H24N2O8. The number of aliphatic carboxylic acids is 1. The molecule has 0 fully saturated rings. The Labute approximate surface area is 144 Å². The summed E-state index contributed by atoms with van der Waals surface area (Å²) in [4.78, 5) is 33.8. The van der Waals surface area contributed by atoms with Crippen molar-refractivity contribution in [1.29, 1.82) is 0 Å². The third-order valence-corrected chi connectivity index (χ3v) is 3.60. The normalized spacial score (nSPS) is 25.2. The van der Waals surface area contributed by atoms with Crippen LogP contribution in [0.25, 0.3) is 0 Å². The molecule has 0 unspecified atom stereocenters. The largest absolute Gasteiger partial charge is 0.478 e. The summed E-state index contributed by atoms with van der Waals surface area (Å²) >= 11 is 0. The van der Waals surface area contributed by atoms with Gasteiger partial charge in [-0.1, -0.05) is 6.92 Å². The van der Waals surface area contributed by atoms with E-state index in [0.717, 1.165) is 6.08 Å². The molecule has 0 saturated carbocycles. The Morgan fingerprint density at radius 2 is 1.96 bits per heavy atom. The molecule has 1 heterocycles. The highest BCUT2D eigenvalue weighted by Crippen LogP contribution is 2.22. The van der Waals surface area contributed by atoms with Crippen LogP contribution in [0, 0.1) is 0 Å². The van der Waals surface area contributed by atoms with E-state index in [1.165, 1.54) is 6.92 Å². The van der Waals surface area contributed by atoms with E-state index in [1.54, 1.807) is 6.92 Å². The van der Waals surface area contributed by atoms with Crippen LogP contribution in [0.5, 0.6) is 0 Å². The molecule has 0 spiro atoms. The predicted octanol–water partition coefficient (Wildman–Crippen LogP) is -2.14. The number of carbonyl (C=O) groups excluding carboxylic acids is 2. The van der Waals surface area contributed by atoms with Crippen LogP contribution in [-0.2, 0) is 19.1 Å². The van der Waals surface area contributed by atoms with Gasteiger partial charge in [-0.3, -0.25) is 9.59 Å². The van der Waals surface area contributed by atoms with Crippen molar-refractivity contribution in [3.8, 4) is 0 Å². The summed E-state index contributed by atoms with van der Waals surface area (Å²) in [5, 5.41) is 44.1. The van der Waals surface area contributed by atoms with Gasteiger partial charge in [-0.05, 0) is 12.5 Å². The first kappa shape index (κ1) is 20.9. The maximum absolute atomic E-state index is 11.4. The van der Waals surface area contributed by atoms with Crippen LogP contribution in [0.4, 0.5) is 0 Å². The Morgan fingerprint density at radius 1 is 1.32 bits per heavy atom. The summed E-state index contributed by atoms with van der Waals surface area (Å²) in [7, 11) is 0. The summed E-state index contributed by atoms with van der Waals surface area (Å²) in [6.07, 6.45) is -4.28. The number of aliphatic hydroxyl groups excluding tert-OH is 3. The van der Waals surface area contributed by atoms with Gasteiger partial charge >= 0.3 is 5.97 Å². The quantitative estimate of drug-likeness (QED) is 0.285. The van der Waals surface area contributed by atoms with Crippen molar-refractivity contribution in [2.75, 3.05) is 6.54 Å². The lowest BCUT2D eigenvalue weighted by Gasteiger charge is -2.38. The fraction of sp³-hybridized carbons (Fsp3) is 0.667. The van der Waals surface area contributed by atoms with E-state index in [1.807, 2.05) is 0 Å². The van der Waals surface area contributed by atoms with Crippen molar-refractivity contribution in [1.82, 2.24) is 10.6 Å². The molecule has 1 aliphatic rings. The highest BCUT2D eigenvalue weighted by atomic mass is 16.5. The van der Waals surface area contributed by atoms with Crippen LogP contribution in [0.1, 0.15) is 26.7 Å². The van der Waals surface area contributed by atoms with Crippen LogP contribution in [0.2, 0.25) is 0 Å². The molecule has 6 N–H and O–H groups in total. The lowest BCUT2D eigenvalue weighted by atomic mass is 9.93. The van der Waals surface area contributed by atoms with E-state index >= 15 is 0 Å². The van der Waals surface area contributed by atoms with Crippen LogP contribution in [0.3, 0.4) is 0 Å². The molecule has 25 heavy (non-hydrogen) atoms. The Hall–Kier alpha value is -2.17. The Bertz CT molecular complexity index is 536. The van der Waals surface area contributed by atoms with E-state index < -0.39 is 48.1 Å². The maximum Gasteiger partial charge on any atom is 0.370 e. The molecule has 0 aromatic rings. The number of amides is 2. The van der Waals surface area contributed by atoms with Crippen molar-refractivity contribution >= 4 is 17.8 Å². The zero-order chi connectivity index (χ0) is 19.1. The van der Waals surface area contributed by atoms with Crippen LogP contribution < -0.4 is 10.6 Å². The molecule has 0 aromatic carbocycles. The highest BCUT2D eigenvalue weighted by Gasteiger charge is 2.43. The first-order valence-corrected chi connectivity index (χ1v) is 7.87. The molecule has 1 aliphatic heterocycles. The number of ether oxygens (including phenoxy) is 1. The molecule has 5 atom stereocenters. The van der Waals surface area contributed by atoms with E-state index in [0.29, 0.717) is 6.42 Å². The minimum absolute atomic E-state index is 0.252. The van der Waals surface area contributed by atoms with Gasteiger partial charge in [0, 0.05) is 19.9 Å². The highest BCUT2D eigenvalue weighted by molar-refractivity contribution is 5.84. The molecule has 10 nitrogen and oxygen atoms in total. The standard InChI is InChI=1S/C15H24N2O8/c1-3-4-11(21)16-6-9(20)13(22)14-12(17-7(2)18)8(19)5-10(25-14)15(23)24/h5,8-9,12-14,19-20,22H,3-4,6H2,1-2H3,(H,16,21)(H,17,18)(H,23,24)/t8-,9+,12+,13+,14+/m0/s1. The van der Waals surface area contributed by atoms with Gasteiger partial charge in [0.25, 0.3) is 0 Å². The smallest absolute Gasteiger partial charge is 0.370 e. The molecule has 0 saturated heterocycles. The minimum Gasteiger partial charge on any atom is -0.478 e. The van der Waals surface area contributed by atoms with Gasteiger partial charge in [0.05, 0.1) is 6.04 Å². The zero-order valence-electron chi connectivity index (χ0n) is 14.0. The number of carboxylic acid groups (broad SMARTS) is 1. The SMILES string of the molecule is CCCC(=O)NC[C@@H](O)[C@@H](O)[C@@H]1OC(C(=O)O)=C[C@H](O)[C@H]1NC(C)=O. The average molecular weight is 360 g/mol. The number of rotatable bonds is 8. The van der Waals surface area contributed by atoms with Gasteiger partial charge in [-0.15, -0.1) is 0 Å². The Balaban J connectivity index is 2.87. The fourth-order valence-electron chi connectivity index (χ4n) is 2.39. The summed E-state index contributed by atoms with van der Waals surface area (Å²) in [5.41, 5.74) is 0. The summed E-state index contributed by atoms with van der Waals surface area (Å²) < 4.78 is 5.13. The first-order valence-electron chi connectivity index (χ1n) is 7.87. The third-order valence-electron chi connectivity index (χ3n) is 3.60. The fourth-order valence-corrected chi connectivity index (χ4v) is 2.39. The van der Waals surface area contributed by atoms with Gasteiger partial charge in [0.1, 0.15) is 18.3 Å². The molecule has 142 valence electrons. The van der Waals surface area contributed by atoms with Crippen LogP contribution in [0.15, 0.2) is 11.8 Å². The van der Waals surface area contributed by atoms with E-state index in [4.69, 9.17) is 9.84 Å². The third kappa shape index (κ3) is 6.00. The van der Waals surface area contributed by atoms with Crippen molar-refractivity contribution < 1.29 is 39.5 Å². The second kappa shape index (κ2) is 9.35. The molecule has 0 aromatic heterocycles. The zero-order valence-corrected chi connectivity index (χ0v) is 14.0. The van der Waals surface area contributed by atoms with Crippen LogP contribution in [-0.4, -0.2) is 75.2 Å². The average Bonchev–Trinajstić information content (AvgIpc) is 2.53. The van der Waals surface area contributed by atoms with Gasteiger partial charge in [0.15, 0.2) is 6.10 Å². The summed E-state index contributed by atoms with van der Waals surface area (Å²) in [5.74, 6) is -2.94. The predicted molar refractivity (Wildman–Crippen MR) is 84.1 cm³/mol. The van der Waals surface area contributed by atoms with Gasteiger partial charge in [-0.2, -0.15) is 0 Å². The molecule has 0 bridgehead atoms. The number of nitrogens with one attached hydrogen (secondary N) is 2. The maximum atomic E-state index is 11.4. The van der Waals surface area contributed by atoms with Gasteiger partial charge < -0.3 is 35.8 Å². The number of hydrogen-bond acceptors (Lipinski definition) is 7. The molecule has 1 rings (SSSR count). The van der Waals surface area contributed by atoms with Crippen molar-refractivity contribution in [3.05, 3.63) is 11.8 Å². The van der Waals surface area contributed by atoms with Crippen LogP contribution >= 0.6 is 0 Å². The minimum atomic E-state index is -1.67. The van der Waals surface area contributed by atoms with E-state index in [9.17, 15) is 29.7 Å². The Kier molecular flexibility index (Phi) is 7.81. The van der Waals surface area contributed by atoms with Crippen molar-refractivity contribution in [2.24, 2.45) is 0 Å². The summed E-state index contributed by atoms with van der Waals surface area (Å²) in [6.45, 7) is 2.68. The molecule has 10 heteroatoms. The lowest BCUT2D eigenvalue weighted by molar-refractivity contribution is -0.147. The molecule has 2 amide bonds. The molecule has 0 radical (unpaired) electrons. The summed E-state index contributed by atoms with van der Waals surface area (Å²) in [6, 6.07) is -1.17. The van der Waals surface area contributed by atoms with E-state index in [-0.39, 0.29) is 18.9 Å². The second-order valence-electron chi connectivity index (χ2n) is 5.75. The van der Waals surface area contributed by atoms with Crippen molar-refractivity contribution in [2.45, 2.75) is 57.1 Å². The first-order chi connectivity index (χ1) is 11.7. The van der Waals surface area contributed by atoms with Gasteiger partial charge in [-0.25, -0.2) is 4.79 Å². The molecular weight excluding hydrogens is 336 g/mol. The van der Waals surface area contributed by atoms with Gasteiger partial charge in [0.2, 0.25) is 17.6 Å². The Morgan fingerprint density at radius 3 is 2.48 bits per heavy atom. The second-order valence-corrected chi connectivity index (χ2v) is 5.75.